The van der Waals surface area contributed by atoms with E-state index < -0.39 is 17.8 Å². The Balaban J connectivity index is 1.76. The molecular formula is C15H16ClNO3. The summed E-state index contributed by atoms with van der Waals surface area (Å²) in [5, 5.41) is 12.8. The molecule has 0 radical (unpaired) electrons. The van der Waals surface area contributed by atoms with Gasteiger partial charge in [-0.25, -0.2) is 0 Å². The quantitative estimate of drug-likeness (QED) is 0.900. The average molecular weight is 294 g/mol. The lowest BCUT2D eigenvalue weighted by Crippen LogP contribution is -2.37. The van der Waals surface area contributed by atoms with Gasteiger partial charge in [-0.05, 0) is 55.4 Å². The summed E-state index contributed by atoms with van der Waals surface area (Å²) in [5.74, 6) is -1.56. The predicted molar refractivity (Wildman–Crippen MR) is 75.5 cm³/mol. The number of carbonyl (C=O) groups excluding carboxylic acids is 1. The topological polar surface area (TPSA) is 66.4 Å². The van der Waals surface area contributed by atoms with Gasteiger partial charge in [-0.3, -0.25) is 9.59 Å². The van der Waals surface area contributed by atoms with E-state index in [0.717, 1.165) is 19.3 Å². The van der Waals surface area contributed by atoms with Crippen molar-refractivity contribution in [2.75, 3.05) is 5.32 Å². The number of anilines is 1. The summed E-state index contributed by atoms with van der Waals surface area (Å²) in [5.41, 5.74) is 0.659. The van der Waals surface area contributed by atoms with Crippen LogP contribution in [0.1, 0.15) is 19.3 Å². The molecule has 2 bridgehead atoms. The number of benzene rings is 1. The van der Waals surface area contributed by atoms with Gasteiger partial charge in [0.1, 0.15) is 0 Å². The van der Waals surface area contributed by atoms with Crippen molar-refractivity contribution in [3.63, 3.8) is 0 Å². The number of nitrogens with one attached hydrogen (secondary N) is 1. The largest absolute Gasteiger partial charge is 0.481 e. The van der Waals surface area contributed by atoms with Crippen LogP contribution in [0.15, 0.2) is 24.3 Å². The zero-order chi connectivity index (χ0) is 14.3. The van der Waals surface area contributed by atoms with Gasteiger partial charge in [0.2, 0.25) is 5.91 Å². The van der Waals surface area contributed by atoms with Gasteiger partial charge in [-0.2, -0.15) is 0 Å². The Hall–Kier alpha value is -1.55. The molecule has 5 heteroatoms. The Morgan fingerprint density at radius 1 is 1.10 bits per heavy atom. The molecule has 106 valence electrons. The van der Waals surface area contributed by atoms with E-state index in [9.17, 15) is 14.7 Å². The summed E-state index contributed by atoms with van der Waals surface area (Å²) >= 11 is 5.80. The van der Waals surface area contributed by atoms with Gasteiger partial charge in [0.15, 0.2) is 0 Å². The van der Waals surface area contributed by atoms with Crippen molar-refractivity contribution in [2.24, 2.45) is 23.7 Å². The Morgan fingerprint density at radius 2 is 1.70 bits per heavy atom. The lowest BCUT2D eigenvalue weighted by Gasteiger charge is -2.27. The third kappa shape index (κ3) is 2.29. The first-order valence-corrected chi connectivity index (χ1v) is 7.23. The average Bonchev–Trinajstić information content (AvgIpc) is 3.01. The summed E-state index contributed by atoms with van der Waals surface area (Å²) < 4.78 is 0. The summed E-state index contributed by atoms with van der Waals surface area (Å²) in [6.45, 7) is 0. The fourth-order valence-corrected chi connectivity index (χ4v) is 3.91. The molecule has 2 saturated carbocycles. The zero-order valence-corrected chi connectivity index (χ0v) is 11.6. The molecule has 2 aliphatic rings. The maximum atomic E-state index is 12.4. The normalized spacial score (nSPS) is 31.2. The van der Waals surface area contributed by atoms with Gasteiger partial charge < -0.3 is 10.4 Å². The Labute approximate surface area is 122 Å². The number of rotatable bonds is 3. The van der Waals surface area contributed by atoms with Crippen LogP contribution < -0.4 is 5.32 Å². The molecule has 20 heavy (non-hydrogen) atoms. The summed E-state index contributed by atoms with van der Waals surface area (Å²) in [7, 11) is 0. The standard InChI is InChI=1S/C15H16ClNO3/c16-10-3-5-11(6-4-10)17-14(18)12-8-1-2-9(7-8)13(12)15(19)20/h3-6,8-9,12-13H,1-2,7H2,(H,17,18)(H,19,20). The fourth-order valence-electron chi connectivity index (χ4n) is 3.78. The molecule has 0 aromatic heterocycles. The molecule has 0 spiro atoms. The molecule has 0 aliphatic heterocycles. The van der Waals surface area contributed by atoms with Gasteiger partial charge in [0, 0.05) is 10.7 Å². The summed E-state index contributed by atoms with van der Waals surface area (Å²) in [6.07, 6.45) is 2.77. The Bertz CT molecular complexity index is 543. The summed E-state index contributed by atoms with van der Waals surface area (Å²) in [4.78, 5) is 23.8. The van der Waals surface area contributed by atoms with E-state index in [-0.39, 0.29) is 17.7 Å². The number of hydrogen-bond donors (Lipinski definition) is 2. The number of carboxylic acids is 1. The van der Waals surface area contributed by atoms with E-state index in [1.807, 2.05) is 0 Å². The van der Waals surface area contributed by atoms with Crippen LogP contribution in [-0.2, 0) is 9.59 Å². The van der Waals surface area contributed by atoms with Gasteiger partial charge >= 0.3 is 5.97 Å². The number of carboxylic acid groups (broad SMARTS) is 1. The molecule has 4 unspecified atom stereocenters. The van der Waals surface area contributed by atoms with E-state index in [1.165, 1.54) is 0 Å². The number of hydrogen-bond acceptors (Lipinski definition) is 2. The molecule has 2 N–H and O–H groups in total. The second-order valence-corrected chi connectivity index (χ2v) is 6.16. The molecule has 1 aromatic rings. The van der Waals surface area contributed by atoms with Crippen LogP contribution in [0.4, 0.5) is 5.69 Å². The van der Waals surface area contributed by atoms with Crippen molar-refractivity contribution >= 4 is 29.2 Å². The molecule has 4 atom stereocenters. The van der Waals surface area contributed by atoms with Crippen LogP contribution in [0.2, 0.25) is 5.02 Å². The molecular weight excluding hydrogens is 278 g/mol. The highest BCUT2D eigenvalue weighted by Gasteiger charge is 2.53. The first kappa shape index (κ1) is 13.4. The van der Waals surface area contributed by atoms with E-state index in [0.29, 0.717) is 10.7 Å². The van der Waals surface area contributed by atoms with Crippen molar-refractivity contribution < 1.29 is 14.7 Å². The Kier molecular flexibility index (Phi) is 3.42. The van der Waals surface area contributed by atoms with Crippen molar-refractivity contribution in [3.05, 3.63) is 29.3 Å². The van der Waals surface area contributed by atoms with Crippen LogP contribution in [-0.4, -0.2) is 17.0 Å². The smallest absolute Gasteiger partial charge is 0.307 e. The molecule has 4 nitrogen and oxygen atoms in total. The first-order valence-electron chi connectivity index (χ1n) is 6.85. The zero-order valence-electron chi connectivity index (χ0n) is 10.9. The van der Waals surface area contributed by atoms with Gasteiger partial charge in [-0.15, -0.1) is 0 Å². The molecule has 2 fully saturated rings. The minimum atomic E-state index is -0.839. The van der Waals surface area contributed by atoms with Crippen molar-refractivity contribution in [1.29, 1.82) is 0 Å². The maximum Gasteiger partial charge on any atom is 0.307 e. The summed E-state index contributed by atoms with van der Waals surface area (Å²) in [6, 6.07) is 6.85. The highest BCUT2D eigenvalue weighted by molar-refractivity contribution is 6.30. The van der Waals surface area contributed by atoms with Gasteiger partial charge in [0.05, 0.1) is 11.8 Å². The lowest BCUT2D eigenvalue weighted by molar-refractivity contribution is -0.148. The molecule has 3 rings (SSSR count). The second kappa shape index (κ2) is 5.09. The second-order valence-electron chi connectivity index (χ2n) is 5.72. The van der Waals surface area contributed by atoms with E-state index in [4.69, 9.17) is 11.6 Å². The SMILES string of the molecule is O=C(O)C1C2CCC(C2)C1C(=O)Nc1ccc(Cl)cc1. The monoisotopic (exact) mass is 293 g/mol. The molecule has 2 aliphatic carbocycles. The lowest BCUT2D eigenvalue weighted by atomic mass is 9.78. The Morgan fingerprint density at radius 3 is 2.30 bits per heavy atom. The molecule has 1 aromatic carbocycles. The van der Waals surface area contributed by atoms with Crippen LogP contribution in [0.3, 0.4) is 0 Å². The highest BCUT2D eigenvalue weighted by atomic mass is 35.5. The fraction of sp³-hybridized carbons (Fsp3) is 0.467. The first-order chi connectivity index (χ1) is 9.56. The van der Waals surface area contributed by atoms with Crippen LogP contribution in [0, 0.1) is 23.7 Å². The van der Waals surface area contributed by atoms with Crippen LogP contribution in [0.25, 0.3) is 0 Å². The number of halogens is 1. The van der Waals surface area contributed by atoms with Crippen molar-refractivity contribution in [2.45, 2.75) is 19.3 Å². The van der Waals surface area contributed by atoms with Crippen LogP contribution in [0.5, 0.6) is 0 Å². The van der Waals surface area contributed by atoms with Crippen LogP contribution >= 0.6 is 11.6 Å². The van der Waals surface area contributed by atoms with E-state index in [1.54, 1.807) is 24.3 Å². The molecule has 1 amide bonds. The molecule has 0 saturated heterocycles. The third-order valence-electron chi connectivity index (χ3n) is 4.62. The molecule has 0 heterocycles. The van der Waals surface area contributed by atoms with Gasteiger partial charge in [0.25, 0.3) is 0 Å². The predicted octanol–water partition coefficient (Wildman–Crippen LogP) is 3.03. The number of fused-ring (bicyclic) bond motifs is 2. The third-order valence-corrected chi connectivity index (χ3v) is 4.87. The van der Waals surface area contributed by atoms with E-state index >= 15 is 0 Å². The number of aliphatic carboxylic acids is 1. The highest BCUT2D eigenvalue weighted by Crippen LogP contribution is 2.52. The minimum absolute atomic E-state index is 0.165. The van der Waals surface area contributed by atoms with Gasteiger partial charge in [-0.1, -0.05) is 11.6 Å². The number of carbonyl (C=O) groups is 2. The van der Waals surface area contributed by atoms with Crippen molar-refractivity contribution in [1.82, 2.24) is 0 Å². The minimum Gasteiger partial charge on any atom is -0.481 e. The maximum absolute atomic E-state index is 12.4. The van der Waals surface area contributed by atoms with E-state index in [2.05, 4.69) is 5.32 Å². The number of amides is 1. The van der Waals surface area contributed by atoms with Crippen molar-refractivity contribution in [3.8, 4) is 0 Å².